The van der Waals surface area contributed by atoms with Gasteiger partial charge in [-0.15, -0.1) is 0 Å². The zero-order chi connectivity index (χ0) is 30.8. The maximum absolute atomic E-state index is 14.4. The summed E-state index contributed by atoms with van der Waals surface area (Å²) in [7, 11) is -4.17. The summed E-state index contributed by atoms with van der Waals surface area (Å²) in [6.45, 7) is 3.56. The average molecular weight is 602 g/mol. The average Bonchev–Trinajstić information content (AvgIpc) is 3.02. The van der Waals surface area contributed by atoms with Crippen molar-refractivity contribution in [1.82, 2.24) is 10.2 Å². The normalized spacial score (nSPS) is 11.9. The monoisotopic (exact) mass is 601 g/mol. The van der Waals surface area contributed by atoms with Gasteiger partial charge in [-0.3, -0.25) is 13.9 Å². The molecule has 0 saturated carbocycles. The van der Waals surface area contributed by atoms with Gasteiger partial charge in [-0.05, 0) is 60.4 Å². The number of rotatable bonds is 13. The number of para-hydroxylation sites is 1. The van der Waals surface area contributed by atoms with Gasteiger partial charge in [0.15, 0.2) is 0 Å². The smallest absolute Gasteiger partial charge is 0.264 e. The highest BCUT2D eigenvalue weighted by atomic mass is 32.2. The fourth-order valence-electron chi connectivity index (χ4n) is 4.78. The van der Waals surface area contributed by atoms with Gasteiger partial charge in [0.25, 0.3) is 10.0 Å². The second-order valence-corrected chi connectivity index (χ2v) is 12.1. The standard InChI is InChI=1S/C34H36FN3O4S/c1-3-22-36-34(40)32(23-27-13-6-4-7-14-27)37(24-28-18-20-29(35)21-19-28)33(39)25-38(31-17-11-10-12-26(31)2)43(41,42)30-15-8-5-9-16-30/h4-21,32H,3,22-25H2,1-2H3,(H,36,40)/t32-/m1/s1. The summed E-state index contributed by atoms with van der Waals surface area (Å²) >= 11 is 0. The largest absolute Gasteiger partial charge is 0.354 e. The molecule has 4 rings (SSSR count). The van der Waals surface area contributed by atoms with E-state index in [0.717, 1.165) is 9.87 Å². The number of anilines is 1. The van der Waals surface area contributed by atoms with Gasteiger partial charge in [0.2, 0.25) is 11.8 Å². The van der Waals surface area contributed by atoms with E-state index in [2.05, 4.69) is 5.32 Å². The van der Waals surface area contributed by atoms with Crippen molar-refractivity contribution < 1.29 is 22.4 Å². The van der Waals surface area contributed by atoms with Crippen LogP contribution in [-0.4, -0.2) is 44.3 Å². The molecule has 0 aliphatic heterocycles. The van der Waals surface area contributed by atoms with E-state index >= 15 is 0 Å². The van der Waals surface area contributed by atoms with Gasteiger partial charge < -0.3 is 10.2 Å². The Kier molecular flexibility index (Phi) is 10.7. The molecule has 0 heterocycles. The number of nitrogens with one attached hydrogen (secondary N) is 1. The van der Waals surface area contributed by atoms with Crippen LogP contribution in [0.2, 0.25) is 0 Å². The molecule has 0 aromatic heterocycles. The number of carbonyl (C=O) groups excluding carboxylic acids is 2. The van der Waals surface area contributed by atoms with Crippen molar-refractivity contribution in [2.75, 3.05) is 17.4 Å². The predicted octanol–water partition coefficient (Wildman–Crippen LogP) is 5.50. The van der Waals surface area contributed by atoms with Crippen LogP contribution < -0.4 is 9.62 Å². The number of benzene rings is 4. The Morgan fingerprint density at radius 3 is 2.05 bits per heavy atom. The number of carbonyl (C=O) groups is 2. The fraction of sp³-hybridized carbons (Fsp3) is 0.235. The Balaban J connectivity index is 1.79. The van der Waals surface area contributed by atoms with Crippen LogP contribution in [0.5, 0.6) is 0 Å². The first kappa shape index (κ1) is 31.4. The van der Waals surface area contributed by atoms with Crippen molar-refractivity contribution in [3.8, 4) is 0 Å². The van der Waals surface area contributed by atoms with Crippen LogP contribution in [0.15, 0.2) is 114 Å². The van der Waals surface area contributed by atoms with Gasteiger partial charge in [-0.2, -0.15) is 0 Å². The quantitative estimate of drug-likeness (QED) is 0.219. The summed E-state index contributed by atoms with van der Waals surface area (Å²) in [6.07, 6.45) is 0.908. The molecule has 0 bridgehead atoms. The van der Waals surface area contributed by atoms with E-state index in [0.29, 0.717) is 29.8 Å². The molecular formula is C34H36FN3O4S. The van der Waals surface area contributed by atoms with Crippen LogP contribution in [0.25, 0.3) is 0 Å². The molecule has 0 fully saturated rings. The molecule has 4 aromatic rings. The molecule has 2 amide bonds. The molecule has 0 aliphatic carbocycles. The Morgan fingerprint density at radius 1 is 0.814 bits per heavy atom. The molecule has 7 nitrogen and oxygen atoms in total. The van der Waals surface area contributed by atoms with Crippen LogP contribution >= 0.6 is 0 Å². The predicted molar refractivity (Wildman–Crippen MR) is 166 cm³/mol. The molecule has 43 heavy (non-hydrogen) atoms. The van der Waals surface area contributed by atoms with Crippen molar-refractivity contribution in [1.29, 1.82) is 0 Å². The zero-order valence-electron chi connectivity index (χ0n) is 24.3. The highest BCUT2D eigenvalue weighted by molar-refractivity contribution is 7.92. The van der Waals surface area contributed by atoms with Crippen LogP contribution in [-0.2, 0) is 32.6 Å². The fourth-order valence-corrected chi connectivity index (χ4v) is 6.28. The van der Waals surface area contributed by atoms with Gasteiger partial charge in [0.1, 0.15) is 18.4 Å². The molecule has 4 aromatic carbocycles. The van der Waals surface area contributed by atoms with Crippen molar-refractivity contribution in [2.45, 2.75) is 44.2 Å². The SMILES string of the molecule is CCCNC(=O)[C@@H](Cc1ccccc1)N(Cc1ccc(F)cc1)C(=O)CN(c1ccccc1C)S(=O)(=O)c1ccccc1. The minimum absolute atomic E-state index is 0.0246. The maximum Gasteiger partial charge on any atom is 0.264 e. The van der Waals surface area contributed by atoms with E-state index in [4.69, 9.17) is 0 Å². The lowest BCUT2D eigenvalue weighted by molar-refractivity contribution is -0.140. The number of hydrogen-bond donors (Lipinski definition) is 1. The number of halogens is 1. The van der Waals surface area contributed by atoms with E-state index in [1.807, 2.05) is 37.3 Å². The number of nitrogens with zero attached hydrogens (tertiary/aromatic N) is 2. The summed E-state index contributed by atoms with van der Waals surface area (Å²) in [4.78, 5) is 29.4. The van der Waals surface area contributed by atoms with Crippen molar-refractivity contribution in [2.24, 2.45) is 0 Å². The van der Waals surface area contributed by atoms with Gasteiger partial charge in [-0.25, -0.2) is 12.8 Å². The summed E-state index contributed by atoms with van der Waals surface area (Å²) in [5.74, 6) is -1.35. The molecule has 0 spiro atoms. The minimum atomic E-state index is -4.17. The Morgan fingerprint density at radius 2 is 1.42 bits per heavy atom. The van der Waals surface area contributed by atoms with Crippen LogP contribution in [0, 0.1) is 12.7 Å². The molecule has 0 unspecified atom stereocenters. The zero-order valence-corrected chi connectivity index (χ0v) is 25.1. The number of aryl methyl sites for hydroxylation is 1. The minimum Gasteiger partial charge on any atom is -0.354 e. The number of sulfonamides is 1. The Bertz CT molecular complexity index is 1610. The summed E-state index contributed by atoms with van der Waals surface area (Å²) < 4.78 is 42.9. The van der Waals surface area contributed by atoms with Gasteiger partial charge in [0.05, 0.1) is 10.6 Å². The van der Waals surface area contributed by atoms with Crippen molar-refractivity contribution in [3.05, 3.63) is 132 Å². The van der Waals surface area contributed by atoms with E-state index in [9.17, 15) is 22.4 Å². The molecular weight excluding hydrogens is 565 g/mol. The lowest BCUT2D eigenvalue weighted by atomic mass is 10.0. The molecule has 1 N–H and O–H groups in total. The molecule has 0 aliphatic rings. The second kappa shape index (κ2) is 14.6. The number of hydrogen-bond acceptors (Lipinski definition) is 4. The Labute approximate surface area is 253 Å². The molecule has 224 valence electrons. The van der Waals surface area contributed by atoms with Crippen LogP contribution in [0.4, 0.5) is 10.1 Å². The maximum atomic E-state index is 14.4. The molecule has 1 atom stereocenters. The third-order valence-corrected chi connectivity index (χ3v) is 8.85. The number of amides is 2. The molecule has 9 heteroatoms. The third kappa shape index (κ3) is 8.08. The second-order valence-electron chi connectivity index (χ2n) is 10.3. The summed E-state index contributed by atoms with van der Waals surface area (Å²) in [6, 6.07) is 28.9. The van der Waals surface area contributed by atoms with Gasteiger partial charge >= 0.3 is 0 Å². The van der Waals surface area contributed by atoms with Gasteiger partial charge in [-0.1, -0.05) is 85.8 Å². The highest BCUT2D eigenvalue weighted by Gasteiger charge is 2.34. The first-order chi connectivity index (χ1) is 20.7. The first-order valence-corrected chi connectivity index (χ1v) is 15.6. The van der Waals surface area contributed by atoms with Gasteiger partial charge in [0, 0.05) is 19.5 Å². The molecule has 0 saturated heterocycles. The first-order valence-electron chi connectivity index (χ1n) is 14.2. The van der Waals surface area contributed by atoms with E-state index in [-0.39, 0.29) is 23.8 Å². The van der Waals surface area contributed by atoms with Crippen molar-refractivity contribution in [3.63, 3.8) is 0 Å². The lowest BCUT2D eigenvalue weighted by Crippen LogP contribution is -2.53. The lowest BCUT2D eigenvalue weighted by Gasteiger charge is -2.34. The topological polar surface area (TPSA) is 86.8 Å². The van der Waals surface area contributed by atoms with Crippen LogP contribution in [0.1, 0.15) is 30.0 Å². The van der Waals surface area contributed by atoms with E-state index < -0.39 is 34.3 Å². The third-order valence-electron chi connectivity index (χ3n) is 7.08. The summed E-state index contributed by atoms with van der Waals surface area (Å²) in [5, 5.41) is 2.91. The van der Waals surface area contributed by atoms with Crippen molar-refractivity contribution >= 4 is 27.5 Å². The highest BCUT2D eigenvalue weighted by Crippen LogP contribution is 2.27. The summed E-state index contributed by atoms with van der Waals surface area (Å²) in [5.41, 5.74) is 2.46. The Hall–Kier alpha value is -4.50. The van der Waals surface area contributed by atoms with Crippen LogP contribution in [0.3, 0.4) is 0 Å². The van der Waals surface area contributed by atoms with E-state index in [1.54, 1.807) is 61.5 Å². The molecule has 0 radical (unpaired) electrons. The van der Waals surface area contributed by atoms with E-state index in [1.165, 1.54) is 29.2 Å².